The predicted octanol–water partition coefficient (Wildman–Crippen LogP) is 3.72. The molecule has 8 heteroatoms. The molecular formula is C11H7F6NO. The van der Waals surface area contributed by atoms with Crippen molar-refractivity contribution in [2.24, 2.45) is 4.99 Å². The molecule has 0 aliphatic rings. The SMILES string of the molecule is O=CC(CCC(F)(F)F)=Nc1c(F)cc(F)cc1F. The summed E-state index contributed by atoms with van der Waals surface area (Å²) in [6.45, 7) is 0. The fraction of sp³-hybridized carbons (Fsp3) is 0.273. The molecule has 104 valence electrons. The first-order valence-electron chi connectivity index (χ1n) is 4.97. The van der Waals surface area contributed by atoms with Gasteiger partial charge in [0.05, 0.1) is 5.71 Å². The Morgan fingerprint density at radius 2 is 1.68 bits per heavy atom. The van der Waals surface area contributed by atoms with E-state index in [0.717, 1.165) is 0 Å². The lowest BCUT2D eigenvalue weighted by Gasteiger charge is -2.05. The number of alkyl halides is 3. The normalized spacial score (nSPS) is 12.6. The van der Waals surface area contributed by atoms with Crippen LogP contribution in [0.2, 0.25) is 0 Å². The maximum absolute atomic E-state index is 13.2. The van der Waals surface area contributed by atoms with Crippen molar-refractivity contribution in [3.63, 3.8) is 0 Å². The number of nitrogens with zero attached hydrogens (tertiary/aromatic N) is 1. The summed E-state index contributed by atoms with van der Waals surface area (Å²) in [7, 11) is 0. The largest absolute Gasteiger partial charge is 0.389 e. The van der Waals surface area contributed by atoms with Crippen molar-refractivity contribution in [1.82, 2.24) is 0 Å². The molecule has 0 amide bonds. The van der Waals surface area contributed by atoms with Crippen molar-refractivity contribution >= 4 is 17.7 Å². The summed E-state index contributed by atoms with van der Waals surface area (Å²) < 4.78 is 74.7. The van der Waals surface area contributed by atoms with Gasteiger partial charge in [0.1, 0.15) is 11.5 Å². The van der Waals surface area contributed by atoms with Gasteiger partial charge in [-0.1, -0.05) is 0 Å². The van der Waals surface area contributed by atoms with Crippen LogP contribution in [0, 0.1) is 17.5 Å². The Balaban J connectivity index is 3.02. The minimum atomic E-state index is -4.52. The van der Waals surface area contributed by atoms with E-state index in [4.69, 9.17) is 0 Å². The minimum absolute atomic E-state index is 0.0338. The van der Waals surface area contributed by atoms with Crippen molar-refractivity contribution in [1.29, 1.82) is 0 Å². The summed E-state index contributed by atoms with van der Waals surface area (Å²) in [5.41, 5.74) is -1.67. The van der Waals surface area contributed by atoms with Crippen LogP contribution in [0.15, 0.2) is 17.1 Å². The molecule has 19 heavy (non-hydrogen) atoms. The van der Waals surface area contributed by atoms with Gasteiger partial charge in [-0.15, -0.1) is 0 Å². The number of carbonyl (C=O) groups is 1. The molecule has 2 nitrogen and oxygen atoms in total. The van der Waals surface area contributed by atoms with Crippen molar-refractivity contribution in [3.05, 3.63) is 29.6 Å². The molecule has 0 aliphatic carbocycles. The Hall–Kier alpha value is -1.86. The lowest BCUT2D eigenvalue weighted by molar-refractivity contribution is -0.132. The molecule has 0 saturated heterocycles. The van der Waals surface area contributed by atoms with Gasteiger partial charge in [-0.25, -0.2) is 18.2 Å². The van der Waals surface area contributed by atoms with Gasteiger partial charge in [0.25, 0.3) is 0 Å². The number of halogens is 6. The quantitative estimate of drug-likeness (QED) is 0.470. The number of hydrogen-bond donors (Lipinski definition) is 0. The summed E-state index contributed by atoms with van der Waals surface area (Å²) in [5, 5.41) is 0. The third-order valence-corrected chi connectivity index (χ3v) is 2.04. The highest BCUT2D eigenvalue weighted by Crippen LogP contribution is 2.25. The predicted molar refractivity (Wildman–Crippen MR) is 54.8 cm³/mol. The molecule has 0 radical (unpaired) electrons. The zero-order chi connectivity index (χ0) is 14.6. The average Bonchev–Trinajstić information content (AvgIpc) is 2.25. The van der Waals surface area contributed by atoms with E-state index in [2.05, 4.69) is 4.99 Å². The Kier molecular flexibility index (Phi) is 4.68. The summed E-state index contributed by atoms with van der Waals surface area (Å²) in [6, 6.07) is 0.627. The fourth-order valence-corrected chi connectivity index (χ4v) is 1.20. The van der Waals surface area contributed by atoms with Gasteiger partial charge >= 0.3 is 6.18 Å². The van der Waals surface area contributed by atoms with Crippen LogP contribution >= 0.6 is 0 Å². The highest BCUT2D eigenvalue weighted by molar-refractivity contribution is 6.28. The molecule has 0 unspecified atom stereocenters. The number of carbonyl (C=O) groups excluding carboxylic acids is 1. The van der Waals surface area contributed by atoms with Crippen LogP contribution < -0.4 is 0 Å². The topological polar surface area (TPSA) is 29.4 Å². The van der Waals surface area contributed by atoms with Crippen molar-refractivity contribution in [2.45, 2.75) is 19.0 Å². The van der Waals surface area contributed by atoms with Gasteiger partial charge in [-0.05, 0) is 0 Å². The summed E-state index contributed by atoms with van der Waals surface area (Å²) in [5.74, 6) is -4.00. The monoisotopic (exact) mass is 283 g/mol. The van der Waals surface area contributed by atoms with E-state index in [0.29, 0.717) is 12.1 Å². The fourth-order valence-electron chi connectivity index (χ4n) is 1.20. The first-order chi connectivity index (χ1) is 8.73. The van der Waals surface area contributed by atoms with E-state index in [-0.39, 0.29) is 6.29 Å². The van der Waals surface area contributed by atoms with Crippen LogP contribution in [-0.2, 0) is 4.79 Å². The lowest BCUT2D eigenvalue weighted by atomic mass is 10.2. The second kappa shape index (κ2) is 5.85. The Morgan fingerprint density at radius 3 is 2.11 bits per heavy atom. The zero-order valence-corrected chi connectivity index (χ0v) is 9.27. The van der Waals surface area contributed by atoms with Gasteiger partial charge in [0.15, 0.2) is 17.9 Å². The van der Waals surface area contributed by atoms with Crippen LogP contribution in [0.5, 0.6) is 0 Å². The molecule has 0 heterocycles. The molecule has 0 N–H and O–H groups in total. The molecule has 0 aliphatic heterocycles. The molecule has 1 rings (SSSR count). The number of benzene rings is 1. The Bertz CT molecular complexity index is 485. The van der Waals surface area contributed by atoms with E-state index < -0.39 is 47.9 Å². The molecule has 0 atom stereocenters. The highest BCUT2D eigenvalue weighted by atomic mass is 19.4. The minimum Gasteiger partial charge on any atom is -0.297 e. The smallest absolute Gasteiger partial charge is 0.297 e. The van der Waals surface area contributed by atoms with Crippen molar-refractivity contribution in [2.75, 3.05) is 0 Å². The zero-order valence-electron chi connectivity index (χ0n) is 9.27. The molecule has 1 aromatic carbocycles. The van der Waals surface area contributed by atoms with Gasteiger partial charge in [-0.2, -0.15) is 13.2 Å². The van der Waals surface area contributed by atoms with Gasteiger partial charge in [0, 0.05) is 25.0 Å². The maximum atomic E-state index is 13.2. The number of hydrogen-bond acceptors (Lipinski definition) is 2. The van der Waals surface area contributed by atoms with Gasteiger partial charge in [0.2, 0.25) is 0 Å². The van der Waals surface area contributed by atoms with E-state index >= 15 is 0 Å². The second-order valence-electron chi connectivity index (χ2n) is 3.55. The molecule has 0 saturated carbocycles. The summed E-state index contributed by atoms with van der Waals surface area (Å²) in [4.78, 5) is 13.7. The number of rotatable bonds is 4. The van der Waals surface area contributed by atoms with Gasteiger partial charge in [-0.3, -0.25) is 4.79 Å². The third-order valence-electron chi connectivity index (χ3n) is 2.04. The van der Waals surface area contributed by atoms with Crippen molar-refractivity contribution in [3.8, 4) is 0 Å². The second-order valence-corrected chi connectivity index (χ2v) is 3.55. The van der Waals surface area contributed by atoms with E-state index in [1.807, 2.05) is 0 Å². The molecule has 0 aromatic heterocycles. The first-order valence-corrected chi connectivity index (χ1v) is 4.97. The van der Waals surface area contributed by atoms with Crippen LogP contribution in [0.25, 0.3) is 0 Å². The van der Waals surface area contributed by atoms with Crippen LogP contribution in [0.1, 0.15) is 12.8 Å². The average molecular weight is 283 g/mol. The standard InChI is InChI=1S/C11H7F6NO/c12-6-3-8(13)10(9(14)4-6)18-7(5-19)1-2-11(15,16)17/h3-5H,1-2H2. The summed E-state index contributed by atoms with van der Waals surface area (Å²) >= 11 is 0. The molecule has 0 fully saturated rings. The summed E-state index contributed by atoms with van der Waals surface area (Å²) in [6.07, 6.45) is -6.73. The number of aldehydes is 1. The van der Waals surface area contributed by atoms with Crippen LogP contribution in [0.3, 0.4) is 0 Å². The molecular weight excluding hydrogens is 276 g/mol. The lowest BCUT2D eigenvalue weighted by Crippen LogP contribution is -2.11. The van der Waals surface area contributed by atoms with Gasteiger partial charge < -0.3 is 0 Å². The van der Waals surface area contributed by atoms with Crippen LogP contribution in [0.4, 0.5) is 32.0 Å². The Labute approximate surface area is 103 Å². The molecule has 0 spiro atoms. The van der Waals surface area contributed by atoms with Crippen molar-refractivity contribution < 1.29 is 31.1 Å². The van der Waals surface area contributed by atoms with E-state index in [1.54, 1.807) is 0 Å². The van der Waals surface area contributed by atoms with E-state index in [9.17, 15) is 31.1 Å². The third kappa shape index (κ3) is 4.72. The molecule has 1 aromatic rings. The number of aliphatic imine (C=N–C) groups is 1. The Morgan fingerprint density at radius 1 is 1.16 bits per heavy atom. The molecule has 0 bridgehead atoms. The first kappa shape index (κ1) is 15.2. The maximum Gasteiger partial charge on any atom is 0.389 e. The van der Waals surface area contributed by atoms with Crippen LogP contribution in [-0.4, -0.2) is 18.2 Å². The highest BCUT2D eigenvalue weighted by Gasteiger charge is 2.27. The van der Waals surface area contributed by atoms with E-state index in [1.165, 1.54) is 0 Å².